The maximum atomic E-state index is 5.95. The minimum absolute atomic E-state index is 0.146. The van der Waals surface area contributed by atoms with Crippen molar-refractivity contribution in [1.29, 1.82) is 0 Å². The summed E-state index contributed by atoms with van der Waals surface area (Å²) in [6.45, 7) is 7.56. The minimum Gasteiger partial charge on any atom is -0.329 e. The molecule has 1 unspecified atom stereocenters. The highest BCUT2D eigenvalue weighted by molar-refractivity contribution is 5.23. The highest BCUT2D eigenvalue weighted by Crippen LogP contribution is 2.25. The van der Waals surface area contributed by atoms with Crippen molar-refractivity contribution in [1.82, 2.24) is 4.90 Å². The van der Waals surface area contributed by atoms with Crippen LogP contribution in [0.4, 0.5) is 0 Å². The van der Waals surface area contributed by atoms with E-state index in [4.69, 9.17) is 5.73 Å². The zero-order chi connectivity index (χ0) is 11.6. The summed E-state index contributed by atoms with van der Waals surface area (Å²) in [5.41, 5.74) is 8.82. The molecule has 1 aliphatic rings. The molecule has 2 rings (SSSR count). The van der Waals surface area contributed by atoms with E-state index < -0.39 is 0 Å². The van der Waals surface area contributed by atoms with Crippen molar-refractivity contribution in [2.24, 2.45) is 5.73 Å². The lowest BCUT2D eigenvalue weighted by Crippen LogP contribution is -2.58. The molecular formula is C14H22N2. The smallest absolute Gasteiger partial charge is 0.0343 e. The summed E-state index contributed by atoms with van der Waals surface area (Å²) in [7, 11) is 0. The average molecular weight is 218 g/mol. The quantitative estimate of drug-likeness (QED) is 0.837. The van der Waals surface area contributed by atoms with Gasteiger partial charge in [-0.3, -0.25) is 4.90 Å². The lowest BCUT2D eigenvalue weighted by molar-refractivity contribution is 0.0481. The monoisotopic (exact) mass is 218 g/mol. The lowest BCUT2D eigenvalue weighted by atomic mass is 9.88. The summed E-state index contributed by atoms with van der Waals surface area (Å²) >= 11 is 0. The van der Waals surface area contributed by atoms with Crippen molar-refractivity contribution < 1.29 is 0 Å². The van der Waals surface area contributed by atoms with Gasteiger partial charge in [-0.2, -0.15) is 0 Å². The van der Waals surface area contributed by atoms with Crippen molar-refractivity contribution in [3.05, 3.63) is 35.4 Å². The molecule has 0 bridgehead atoms. The van der Waals surface area contributed by atoms with Gasteiger partial charge in [-0.1, -0.05) is 29.8 Å². The molecule has 0 aromatic heterocycles. The third-order valence-corrected chi connectivity index (χ3v) is 3.76. The van der Waals surface area contributed by atoms with Gasteiger partial charge in [-0.25, -0.2) is 0 Å². The summed E-state index contributed by atoms with van der Waals surface area (Å²) < 4.78 is 0. The normalized spacial score (nSPS) is 20.2. The van der Waals surface area contributed by atoms with Gasteiger partial charge in [0.25, 0.3) is 0 Å². The predicted molar refractivity (Wildman–Crippen MR) is 68.5 cm³/mol. The second kappa shape index (κ2) is 4.56. The highest BCUT2D eigenvalue weighted by Gasteiger charge is 2.33. The maximum Gasteiger partial charge on any atom is 0.0343 e. The van der Waals surface area contributed by atoms with Gasteiger partial charge in [0.05, 0.1) is 0 Å². The Morgan fingerprint density at radius 2 is 1.88 bits per heavy atom. The standard InChI is InChI=1S/C14H22N2/c1-12-4-6-13(7-5-12)10-14(2,11-15)16-8-3-9-16/h4-7H,3,8-11,15H2,1-2H3. The fourth-order valence-corrected chi connectivity index (χ4v) is 2.31. The fraction of sp³-hybridized carbons (Fsp3) is 0.571. The molecule has 0 radical (unpaired) electrons. The first-order chi connectivity index (χ1) is 7.64. The van der Waals surface area contributed by atoms with Gasteiger partial charge < -0.3 is 5.73 Å². The third-order valence-electron chi connectivity index (χ3n) is 3.76. The van der Waals surface area contributed by atoms with Crippen molar-refractivity contribution in [3.63, 3.8) is 0 Å². The molecule has 1 aromatic carbocycles. The van der Waals surface area contributed by atoms with E-state index in [0.717, 1.165) is 13.0 Å². The number of aryl methyl sites for hydroxylation is 1. The first-order valence-corrected chi connectivity index (χ1v) is 6.15. The van der Waals surface area contributed by atoms with Gasteiger partial charge in [0, 0.05) is 12.1 Å². The molecule has 1 saturated heterocycles. The topological polar surface area (TPSA) is 29.3 Å². The summed E-state index contributed by atoms with van der Waals surface area (Å²) in [6.07, 6.45) is 2.38. The van der Waals surface area contributed by atoms with Gasteiger partial charge in [0.1, 0.15) is 0 Å². The maximum absolute atomic E-state index is 5.95. The molecule has 1 fully saturated rings. The molecule has 0 saturated carbocycles. The number of benzene rings is 1. The second-order valence-electron chi connectivity index (χ2n) is 5.20. The van der Waals surface area contributed by atoms with Gasteiger partial charge in [-0.15, -0.1) is 0 Å². The fourth-order valence-electron chi connectivity index (χ4n) is 2.31. The molecule has 1 heterocycles. The van der Waals surface area contributed by atoms with Crippen LogP contribution < -0.4 is 5.73 Å². The molecule has 0 amide bonds. The van der Waals surface area contributed by atoms with Crippen LogP contribution in [0.1, 0.15) is 24.5 Å². The Morgan fingerprint density at radius 3 is 2.31 bits per heavy atom. The van der Waals surface area contributed by atoms with Crippen molar-refractivity contribution in [2.75, 3.05) is 19.6 Å². The molecule has 0 spiro atoms. The Bertz CT molecular complexity index is 340. The Balaban J connectivity index is 2.08. The van der Waals surface area contributed by atoms with Crippen LogP contribution in [0.25, 0.3) is 0 Å². The largest absolute Gasteiger partial charge is 0.329 e. The number of likely N-dealkylation sites (tertiary alicyclic amines) is 1. The zero-order valence-corrected chi connectivity index (χ0v) is 10.4. The van der Waals surface area contributed by atoms with Crippen molar-refractivity contribution in [3.8, 4) is 0 Å². The molecule has 1 atom stereocenters. The number of hydrogen-bond donors (Lipinski definition) is 1. The number of nitrogens with two attached hydrogens (primary N) is 1. The Labute approximate surface area is 98.4 Å². The van der Waals surface area contributed by atoms with Gasteiger partial charge in [0.2, 0.25) is 0 Å². The molecule has 0 aliphatic carbocycles. The van der Waals surface area contributed by atoms with E-state index in [-0.39, 0.29) is 5.54 Å². The molecule has 1 aliphatic heterocycles. The molecule has 1 aromatic rings. The number of rotatable bonds is 4. The number of nitrogens with zero attached hydrogens (tertiary/aromatic N) is 1. The Hall–Kier alpha value is -0.860. The summed E-state index contributed by atoms with van der Waals surface area (Å²) in [4.78, 5) is 2.51. The van der Waals surface area contributed by atoms with Crippen LogP contribution in [0.2, 0.25) is 0 Å². The van der Waals surface area contributed by atoms with Crippen LogP contribution in [0.5, 0.6) is 0 Å². The van der Waals surface area contributed by atoms with Crippen LogP contribution in [0, 0.1) is 6.92 Å². The van der Waals surface area contributed by atoms with Gasteiger partial charge in [-0.05, 0) is 45.3 Å². The van der Waals surface area contributed by atoms with E-state index >= 15 is 0 Å². The zero-order valence-electron chi connectivity index (χ0n) is 10.4. The number of hydrogen-bond acceptors (Lipinski definition) is 2. The summed E-state index contributed by atoms with van der Waals surface area (Å²) in [5.74, 6) is 0. The van der Waals surface area contributed by atoms with Crippen LogP contribution in [-0.4, -0.2) is 30.1 Å². The van der Waals surface area contributed by atoms with Crippen LogP contribution in [0.3, 0.4) is 0 Å². The van der Waals surface area contributed by atoms with E-state index in [2.05, 4.69) is 43.0 Å². The molecule has 2 nitrogen and oxygen atoms in total. The van der Waals surface area contributed by atoms with E-state index in [1.807, 2.05) is 0 Å². The third kappa shape index (κ3) is 2.28. The summed E-state index contributed by atoms with van der Waals surface area (Å²) in [5, 5.41) is 0. The predicted octanol–water partition coefficient (Wildman–Crippen LogP) is 1.96. The molecule has 2 N–H and O–H groups in total. The Morgan fingerprint density at radius 1 is 1.25 bits per heavy atom. The van der Waals surface area contributed by atoms with E-state index in [1.54, 1.807) is 0 Å². The van der Waals surface area contributed by atoms with E-state index in [0.29, 0.717) is 0 Å². The minimum atomic E-state index is 0.146. The lowest BCUT2D eigenvalue weighted by Gasteiger charge is -2.46. The first kappa shape index (κ1) is 11.6. The highest BCUT2D eigenvalue weighted by atomic mass is 15.2. The summed E-state index contributed by atoms with van der Waals surface area (Å²) in [6, 6.07) is 8.82. The average Bonchev–Trinajstić information content (AvgIpc) is 2.19. The second-order valence-corrected chi connectivity index (χ2v) is 5.20. The van der Waals surface area contributed by atoms with Crippen molar-refractivity contribution >= 4 is 0 Å². The molecular weight excluding hydrogens is 196 g/mol. The van der Waals surface area contributed by atoms with Gasteiger partial charge in [0.15, 0.2) is 0 Å². The molecule has 88 valence electrons. The van der Waals surface area contributed by atoms with E-state index in [9.17, 15) is 0 Å². The van der Waals surface area contributed by atoms with Crippen molar-refractivity contribution in [2.45, 2.75) is 32.2 Å². The van der Waals surface area contributed by atoms with Gasteiger partial charge >= 0.3 is 0 Å². The first-order valence-electron chi connectivity index (χ1n) is 6.15. The Kier molecular flexibility index (Phi) is 3.31. The van der Waals surface area contributed by atoms with Crippen LogP contribution >= 0.6 is 0 Å². The van der Waals surface area contributed by atoms with E-state index in [1.165, 1.54) is 30.6 Å². The molecule has 16 heavy (non-hydrogen) atoms. The SMILES string of the molecule is Cc1ccc(CC(C)(CN)N2CCC2)cc1. The molecule has 2 heteroatoms. The van der Waals surface area contributed by atoms with Crippen LogP contribution in [-0.2, 0) is 6.42 Å². The van der Waals surface area contributed by atoms with Crippen LogP contribution in [0.15, 0.2) is 24.3 Å².